The fourth-order valence-corrected chi connectivity index (χ4v) is 0.823. The molecule has 0 saturated heterocycles. The molecule has 0 aromatic carbocycles. The number of carbonyl (C=O) groups excluding carboxylic acids is 1. The van der Waals surface area contributed by atoms with E-state index in [1.165, 1.54) is 0 Å². The minimum absolute atomic E-state index is 0.576. The van der Waals surface area contributed by atoms with Crippen molar-refractivity contribution in [3.05, 3.63) is 23.7 Å². The molecular weight excluding hydrogens is 170 g/mol. The van der Waals surface area contributed by atoms with Gasteiger partial charge in [0.25, 0.3) is 0 Å². The molecule has 1 aromatic heterocycles. The molecule has 0 atom stereocenters. The molecule has 0 bridgehead atoms. The molecule has 0 radical (unpaired) electrons. The predicted molar refractivity (Wildman–Crippen MR) is 48.4 cm³/mol. The van der Waals surface area contributed by atoms with Gasteiger partial charge in [-0.15, -0.1) is 0 Å². The standard InChI is InChI=1S/C8H11N3O2/c1-5-3-4-7(13-5)6(2)10-11-8(9)12/h3-4H,1-2H3,(H3,9,11,12)/b10-6+. The van der Waals surface area contributed by atoms with E-state index in [9.17, 15) is 4.79 Å². The van der Waals surface area contributed by atoms with Gasteiger partial charge in [-0.3, -0.25) is 0 Å². The highest BCUT2D eigenvalue weighted by atomic mass is 16.3. The van der Waals surface area contributed by atoms with Gasteiger partial charge in [0.2, 0.25) is 0 Å². The Morgan fingerprint density at radius 2 is 2.31 bits per heavy atom. The Kier molecular flexibility index (Phi) is 2.69. The van der Waals surface area contributed by atoms with Crippen LogP contribution in [0.3, 0.4) is 0 Å². The molecule has 0 saturated carbocycles. The summed E-state index contributed by atoms with van der Waals surface area (Å²) in [6.07, 6.45) is 0. The molecule has 70 valence electrons. The van der Waals surface area contributed by atoms with Gasteiger partial charge in [0, 0.05) is 0 Å². The van der Waals surface area contributed by atoms with E-state index in [0.717, 1.165) is 5.76 Å². The van der Waals surface area contributed by atoms with Crippen LogP contribution in [-0.2, 0) is 0 Å². The van der Waals surface area contributed by atoms with Gasteiger partial charge in [-0.2, -0.15) is 5.10 Å². The number of nitrogens with one attached hydrogen (secondary N) is 1. The van der Waals surface area contributed by atoms with Crippen molar-refractivity contribution in [1.82, 2.24) is 5.43 Å². The molecular formula is C8H11N3O2. The van der Waals surface area contributed by atoms with E-state index in [0.29, 0.717) is 11.5 Å². The number of carbonyl (C=O) groups is 1. The molecule has 0 fully saturated rings. The summed E-state index contributed by atoms with van der Waals surface area (Å²) < 4.78 is 5.25. The van der Waals surface area contributed by atoms with Crippen molar-refractivity contribution in [3.8, 4) is 0 Å². The normalized spacial score (nSPS) is 11.4. The van der Waals surface area contributed by atoms with E-state index in [2.05, 4.69) is 10.5 Å². The van der Waals surface area contributed by atoms with Crippen molar-refractivity contribution in [2.45, 2.75) is 13.8 Å². The topological polar surface area (TPSA) is 80.6 Å². The highest BCUT2D eigenvalue weighted by molar-refractivity contribution is 5.96. The number of nitrogens with zero attached hydrogens (tertiary/aromatic N) is 1. The molecule has 0 aliphatic rings. The van der Waals surface area contributed by atoms with E-state index in [4.69, 9.17) is 10.2 Å². The van der Waals surface area contributed by atoms with Crippen LogP contribution in [-0.4, -0.2) is 11.7 Å². The highest BCUT2D eigenvalue weighted by Crippen LogP contribution is 2.06. The molecule has 1 rings (SSSR count). The summed E-state index contributed by atoms with van der Waals surface area (Å²) in [5, 5.41) is 3.71. The maximum Gasteiger partial charge on any atom is 0.332 e. The number of nitrogens with two attached hydrogens (primary N) is 1. The number of rotatable bonds is 2. The number of aryl methyl sites for hydroxylation is 1. The molecule has 3 N–H and O–H groups in total. The van der Waals surface area contributed by atoms with Gasteiger partial charge in [0.1, 0.15) is 17.2 Å². The summed E-state index contributed by atoms with van der Waals surface area (Å²) in [7, 11) is 0. The minimum Gasteiger partial charge on any atom is -0.460 e. The van der Waals surface area contributed by atoms with Gasteiger partial charge in [0.05, 0.1) is 0 Å². The highest BCUT2D eigenvalue weighted by Gasteiger charge is 2.01. The van der Waals surface area contributed by atoms with Gasteiger partial charge in [-0.1, -0.05) is 0 Å². The van der Waals surface area contributed by atoms with Crippen LogP contribution >= 0.6 is 0 Å². The van der Waals surface area contributed by atoms with E-state index >= 15 is 0 Å². The Morgan fingerprint density at radius 1 is 1.62 bits per heavy atom. The Labute approximate surface area is 75.6 Å². The lowest BCUT2D eigenvalue weighted by Crippen LogP contribution is -2.25. The number of hydrogen-bond acceptors (Lipinski definition) is 3. The Balaban J connectivity index is 2.72. The molecule has 2 amide bonds. The maximum atomic E-state index is 10.3. The summed E-state index contributed by atoms with van der Waals surface area (Å²) in [5.41, 5.74) is 7.53. The van der Waals surface area contributed by atoms with E-state index in [-0.39, 0.29) is 0 Å². The summed E-state index contributed by atoms with van der Waals surface area (Å²) in [6, 6.07) is 2.90. The lowest BCUT2D eigenvalue weighted by molar-refractivity contribution is 0.249. The molecule has 13 heavy (non-hydrogen) atoms. The second kappa shape index (κ2) is 3.75. The predicted octanol–water partition coefficient (Wildman–Crippen LogP) is 0.980. The molecule has 0 aliphatic heterocycles. The fraction of sp³-hybridized carbons (Fsp3) is 0.250. The number of primary amides is 1. The molecule has 5 nitrogen and oxygen atoms in total. The van der Waals surface area contributed by atoms with Crippen molar-refractivity contribution >= 4 is 11.7 Å². The first kappa shape index (κ1) is 9.31. The van der Waals surface area contributed by atoms with Gasteiger partial charge in [-0.25, -0.2) is 10.2 Å². The average molecular weight is 181 g/mol. The Bertz CT molecular complexity index is 341. The third-order valence-electron chi connectivity index (χ3n) is 1.43. The van der Waals surface area contributed by atoms with Crippen LogP contribution in [0.2, 0.25) is 0 Å². The smallest absolute Gasteiger partial charge is 0.332 e. The number of hydrazone groups is 1. The quantitative estimate of drug-likeness (QED) is 0.526. The van der Waals surface area contributed by atoms with Gasteiger partial charge in [-0.05, 0) is 26.0 Å². The fourth-order valence-electron chi connectivity index (χ4n) is 0.823. The number of amides is 2. The summed E-state index contributed by atoms with van der Waals surface area (Å²) in [6.45, 7) is 3.55. The summed E-state index contributed by atoms with van der Waals surface area (Å²) in [5.74, 6) is 1.41. The largest absolute Gasteiger partial charge is 0.460 e. The third-order valence-corrected chi connectivity index (χ3v) is 1.43. The van der Waals surface area contributed by atoms with Crippen LogP contribution in [0.5, 0.6) is 0 Å². The number of hydrogen-bond donors (Lipinski definition) is 2. The maximum absolute atomic E-state index is 10.3. The zero-order chi connectivity index (χ0) is 9.84. The number of urea groups is 1. The van der Waals surface area contributed by atoms with Crippen LogP contribution in [0.15, 0.2) is 21.7 Å². The van der Waals surface area contributed by atoms with Gasteiger partial charge >= 0.3 is 6.03 Å². The summed E-state index contributed by atoms with van der Waals surface area (Å²) >= 11 is 0. The van der Waals surface area contributed by atoms with Crippen molar-refractivity contribution in [2.24, 2.45) is 10.8 Å². The zero-order valence-electron chi connectivity index (χ0n) is 7.50. The molecule has 1 aromatic rings. The first-order chi connectivity index (χ1) is 6.09. The Hall–Kier alpha value is -1.78. The van der Waals surface area contributed by atoms with Crippen LogP contribution in [0.1, 0.15) is 18.4 Å². The van der Waals surface area contributed by atoms with Crippen LogP contribution in [0.4, 0.5) is 4.79 Å². The van der Waals surface area contributed by atoms with E-state index in [1.807, 2.05) is 13.0 Å². The SMILES string of the molecule is C/C(=N\NC(N)=O)c1ccc(C)o1. The van der Waals surface area contributed by atoms with Crippen LogP contribution < -0.4 is 11.2 Å². The monoisotopic (exact) mass is 181 g/mol. The van der Waals surface area contributed by atoms with Crippen LogP contribution in [0.25, 0.3) is 0 Å². The molecule has 0 unspecified atom stereocenters. The Morgan fingerprint density at radius 3 is 2.77 bits per heavy atom. The van der Waals surface area contributed by atoms with E-state index < -0.39 is 6.03 Å². The minimum atomic E-state index is -0.692. The van der Waals surface area contributed by atoms with Crippen molar-refractivity contribution in [2.75, 3.05) is 0 Å². The van der Waals surface area contributed by atoms with Crippen molar-refractivity contribution in [1.29, 1.82) is 0 Å². The summed E-state index contributed by atoms with van der Waals surface area (Å²) in [4.78, 5) is 10.3. The average Bonchev–Trinajstić information content (AvgIpc) is 2.47. The molecule has 1 heterocycles. The van der Waals surface area contributed by atoms with Gasteiger partial charge in [0.15, 0.2) is 0 Å². The van der Waals surface area contributed by atoms with Crippen molar-refractivity contribution < 1.29 is 9.21 Å². The second-order valence-electron chi connectivity index (χ2n) is 2.58. The first-order valence-corrected chi connectivity index (χ1v) is 3.76. The van der Waals surface area contributed by atoms with E-state index in [1.54, 1.807) is 13.0 Å². The third kappa shape index (κ3) is 2.62. The lowest BCUT2D eigenvalue weighted by atomic mass is 10.3. The molecule has 0 aliphatic carbocycles. The first-order valence-electron chi connectivity index (χ1n) is 3.76. The molecule has 5 heteroatoms. The lowest BCUT2D eigenvalue weighted by Gasteiger charge is -1.95. The van der Waals surface area contributed by atoms with Crippen molar-refractivity contribution in [3.63, 3.8) is 0 Å². The molecule has 0 spiro atoms. The van der Waals surface area contributed by atoms with Gasteiger partial charge < -0.3 is 10.2 Å². The van der Waals surface area contributed by atoms with Crippen LogP contribution in [0, 0.1) is 6.92 Å². The second-order valence-corrected chi connectivity index (χ2v) is 2.58. The zero-order valence-corrected chi connectivity index (χ0v) is 7.50. The number of furan rings is 1.